The number of nitro groups is 1. The van der Waals surface area contributed by atoms with Crippen LogP contribution >= 0.6 is 0 Å². The lowest BCUT2D eigenvalue weighted by atomic mass is 9.96. The molecule has 0 radical (unpaired) electrons. The summed E-state index contributed by atoms with van der Waals surface area (Å²) in [6.45, 7) is 3.49. The number of carbonyl (C=O) groups is 1. The van der Waals surface area contributed by atoms with Crippen LogP contribution in [0.5, 0.6) is 0 Å². The third-order valence-electron chi connectivity index (χ3n) is 6.72. The van der Waals surface area contributed by atoms with E-state index in [1.807, 2.05) is 49.4 Å². The molecular formula is C27H21N5O4. The summed E-state index contributed by atoms with van der Waals surface area (Å²) in [5, 5.41) is 13.8. The fourth-order valence-corrected chi connectivity index (χ4v) is 5.14. The van der Waals surface area contributed by atoms with Crippen molar-refractivity contribution < 1.29 is 9.72 Å². The van der Waals surface area contributed by atoms with Gasteiger partial charge in [-0.25, -0.2) is 9.99 Å². The Hall–Kier alpha value is -4.79. The number of amides is 1. The molecule has 0 bridgehead atoms. The molecule has 4 aromatic rings. The number of carbonyl (C=O) groups excluding carboxylic acids is 1. The maximum absolute atomic E-state index is 14.0. The molecule has 0 atom stereocenters. The van der Waals surface area contributed by atoms with Crippen molar-refractivity contribution in [2.45, 2.75) is 26.7 Å². The zero-order valence-electron chi connectivity index (χ0n) is 19.6. The van der Waals surface area contributed by atoms with E-state index in [9.17, 15) is 19.7 Å². The van der Waals surface area contributed by atoms with Crippen LogP contribution in [0.25, 0.3) is 22.2 Å². The third kappa shape index (κ3) is 3.06. The van der Waals surface area contributed by atoms with Gasteiger partial charge in [-0.2, -0.15) is 9.24 Å². The van der Waals surface area contributed by atoms with E-state index in [0.717, 1.165) is 11.1 Å². The van der Waals surface area contributed by atoms with Crippen LogP contribution in [0.1, 0.15) is 34.6 Å². The van der Waals surface area contributed by atoms with Crippen molar-refractivity contribution in [1.29, 1.82) is 0 Å². The number of hydrogen-bond acceptors (Lipinski definition) is 5. The first-order valence-corrected chi connectivity index (χ1v) is 11.6. The van der Waals surface area contributed by atoms with Gasteiger partial charge in [-0.1, -0.05) is 48.5 Å². The van der Waals surface area contributed by atoms with Crippen molar-refractivity contribution >= 4 is 33.9 Å². The number of fused-ring (bicyclic) bond motifs is 1. The van der Waals surface area contributed by atoms with Gasteiger partial charge in [0.2, 0.25) is 0 Å². The average Bonchev–Trinajstić information content (AvgIpc) is 3.20. The molecule has 1 amide bonds. The lowest BCUT2D eigenvalue weighted by molar-refractivity contribution is -0.390. The fraction of sp³-hybridized carbons (Fsp3) is 0.148. The Balaban J connectivity index is 1.72. The SMILES string of the molecule is Cc1cccc2nc(C)n(N3C=C(c4ccccc4)n4c([N+](=O)[O-])cc5c4C(=CCC5)C3=O)c(=O)c12. The highest BCUT2D eigenvalue weighted by molar-refractivity contribution is 6.26. The quantitative estimate of drug-likeness (QED) is 0.325. The Morgan fingerprint density at radius 2 is 1.81 bits per heavy atom. The second-order valence-electron chi connectivity index (χ2n) is 8.90. The van der Waals surface area contributed by atoms with Gasteiger partial charge < -0.3 is 10.1 Å². The molecule has 6 rings (SSSR count). The first-order valence-electron chi connectivity index (χ1n) is 11.6. The number of nitrogens with zero attached hydrogens (tertiary/aromatic N) is 5. The Kier molecular flexibility index (Phi) is 4.75. The van der Waals surface area contributed by atoms with Crippen molar-refractivity contribution in [3.8, 4) is 0 Å². The summed E-state index contributed by atoms with van der Waals surface area (Å²) in [5.74, 6) is -0.252. The van der Waals surface area contributed by atoms with Crippen molar-refractivity contribution in [2.75, 3.05) is 5.01 Å². The molecule has 2 aliphatic rings. The van der Waals surface area contributed by atoms with Crippen LogP contribution in [0.15, 0.2) is 71.7 Å². The van der Waals surface area contributed by atoms with Gasteiger partial charge >= 0.3 is 5.82 Å². The number of aromatic nitrogens is 3. The molecule has 36 heavy (non-hydrogen) atoms. The predicted octanol–water partition coefficient (Wildman–Crippen LogP) is 4.08. The molecule has 2 aromatic carbocycles. The minimum absolute atomic E-state index is 0.130. The van der Waals surface area contributed by atoms with E-state index in [4.69, 9.17) is 0 Å². The normalized spacial score (nSPS) is 14.8. The molecule has 0 fully saturated rings. The van der Waals surface area contributed by atoms with Crippen LogP contribution in [0.3, 0.4) is 0 Å². The maximum atomic E-state index is 14.0. The summed E-state index contributed by atoms with van der Waals surface area (Å²) in [6.07, 6.45) is 4.44. The van der Waals surface area contributed by atoms with Gasteiger partial charge in [-0.15, -0.1) is 0 Å². The van der Waals surface area contributed by atoms with Crippen LogP contribution < -0.4 is 10.6 Å². The Morgan fingerprint density at radius 1 is 1.03 bits per heavy atom. The summed E-state index contributed by atoms with van der Waals surface area (Å²) >= 11 is 0. The maximum Gasteiger partial charge on any atom is 0.329 e. The number of benzene rings is 2. The van der Waals surface area contributed by atoms with E-state index in [-0.39, 0.29) is 11.4 Å². The van der Waals surface area contributed by atoms with E-state index < -0.39 is 10.8 Å². The molecule has 1 aliphatic heterocycles. The zero-order chi connectivity index (χ0) is 25.1. The number of rotatable bonds is 3. The first kappa shape index (κ1) is 21.7. The molecule has 0 saturated heterocycles. The van der Waals surface area contributed by atoms with Crippen LogP contribution in [0, 0.1) is 24.0 Å². The fourth-order valence-electron chi connectivity index (χ4n) is 5.14. The summed E-state index contributed by atoms with van der Waals surface area (Å²) in [7, 11) is 0. The second kappa shape index (κ2) is 7.88. The molecule has 178 valence electrons. The van der Waals surface area contributed by atoms with Crippen LogP contribution in [-0.2, 0) is 11.2 Å². The van der Waals surface area contributed by atoms with Crippen molar-refractivity contribution in [1.82, 2.24) is 14.2 Å². The highest BCUT2D eigenvalue weighted by Crippen LogP contribution is 2.40. The molecule has 0 saturated carbocycles. The molecule has 0 unspecified atom stereocenters. The summed E-state index contributed by atoms with van der Waals surface area (Å²) in [5.41, 5.74) is 3.53. The van der Waals surface area contributed by atoms with Gasteiger partial charge in [0.15, 0.2) is 5.70 Å². The highest BCUT2D eigenvalue weighted by Gasteiger charge is 2.39. The van der Waals surface area contributed by atoms with Gasteiger partial charge in [0.1, 0.15) is 11.5 Å². The summed E-state index contributed by atoms with van der Waals surface area (Å²) in [4.78, 5) is 44.1. The van der Waals surface area contributed by atoms with Crippen LogP contribution in [0.4, 0.5) is 5.82 Å². The number of aryl methyl sites for hydroxylation is 3. The number of hydrogen-bond donors (Lipinski definition) is 0. The average molecular weight is 479 g/mol. The number of allylic oxidation sites excluding steroid dienone is 1. The summed E-state index contributed by atoms with van der Waals surface area (Å²) in [6, 6.07) is 16.1. The van der Waals surface area contributed by atoms with E-state index in [1.165, 1.54) is 20.5 Å². The minimum atomic E-state index is -0.448. The topological polar surface area (TPSA) is 103 Å². The molecular weight excluding hydrogens is 458 g/mol. The zero-order valence-corrected chi connectivity index (χ0v) is 19.6. The van der Waals surface area contributed by atoms with Crippen molar-refractivity contribution in [3.63, 3.8) is 0 Å². The molecule has 0 spiro atoms. The lowest BCUT2D eigenvalue weighted by Gasteiger charge is -2.23. The Bertz CT molecular complexity index is 1730. The van der Waals surface area contributed by atoms with E-state index in [2.05, 4.69) is 4.98 Å². The molecule has 2 aromatic heterocycles. The van der Waals surface area contributed by atoms with Crippen molar-refractivity contribution in [2.24, 2.45) is 0 Å². The Morgan fingerprint density at radius 3 is 2.56 bits per heavy atom. The van der Waals surface area contributed by atoms with Crippen LogP contribution in [-0.4, -0.2) is 25.1 Å². The largest absolute Gasteiger partial charge is 0.358 e. The molecule has 9 nitrogen and oxygen atoms in total. The van der Waals surface area contributed by atoms with E-state index >= 15 is 0 Å². The highest BCUT2D eigenvalue weighted by atomic mass is 16.6. The van der Waals surface area contributed by atoms with Crippen molar-refractivity contribution in [3.05, 3.63) is 116 Å². The Labute approximate surface area is 205 Å². The molecule has 9 heteroatoms. The van der Waals surface area contributed by atoms with Gasteiger partial charge in [-0.05, 0) is 43.2 Å². The third-order valence-corrected chi connectivity index (χ3v) is 6.72. The standard InChI is InChI=1S/C27H21N5O4/c1-16-8-6-13-21-24(16)27(34)31(17(2)28-21)29-15-22(18-9-4-3-5-10-18)30-23(32(35)36)14-19-11-7-12-20(25(19)30)26(29)33/h3-6,8-10,12-15H,7,11H2,1-2H3. The minimum Gasteiger partial charge on any atom is -0.358 e. The van der Waals surface area contributed by atoms with Gasteiger partial charge in [0.05, 0.1) is 22.7 Å². The van der Waals surface area contributed by atoms with Crippen LogP contribution in [0.2, 0.25) is 0 Å². The van der Waals surface area contributed by atoms with E-state index in [1.54, 1.807) is 25.1 Å². The first-order chi connectivity index (χ1) is 17.4. The molecule has 0 N–H and O–H groups in total. The monoisotopic (exact) mass is 479 g/mol. The lowest BCUT2D eigenvalue weighted by Crippen LogP contribution is -2.44. The van der Waals surface area contributed by atoms with Gasteiger partial charge in [-0.3, -0.25) is 9.59 Å². The van der Waals surface area contributed by atoms with E-state index in [0.29, 0.717) is 52.1 Å². The summed E-state index contributed by atoms with van der Waals surface area (Å²) < 4.78 is 2.78. The smallest absolute Gasteiger partial charge is 0.329 e. The van der Waals surface area contributed by atoms with Gasteiger partial charge in [0, 0.05) is 17.2 Å². The molecule has 3 heterocycles. The molecule has 1 aliphatic carbocycles. The predicted molar refractivity (Wildman–Crippen MR) is 136 cm³/mol. The second-order valence-corrected chi connectivity index (χ2v) is 8.90. The van der Waals surface area contributed by atoms with Gasteiger partial charge in [0.25, 0.3) is 11.5 Å².